The smallest absolute Gasteiger partial charge is 0.258 e. The number of methoxy groups -OCH3 is 1. The SMILES string of the molecule is COc1cccc(C(=O)N(CCC#N)c2ccc(C)cc2)c1. The van der Waals surface area contributed by atoms with Crippen LogP contribution in [0.4, 0.5) is 5.69 Å². The van der Waals surface area contributed by atoms with Crippen LogP contribution in [0.25, 0.3) is 0 Å². The number of benzene rings is 2. The number of carbonyl (C=O) groups is 1. The number of amides is 1. The molecule has 0 atom stereocenters. The highest BCUT2D eigenvalue weighted by atomic mass is 16.5. The van der Waals surface area contributed by atoms with Gasteiger partial charge in [-0.3, -0.25) is 4.79 Å². The predicted octanol–water partition coefficient (Wildman–Crippen LogP) is 3.56. The molecule has 0 aromatic heterocycles. The van der Waals surface area contributed by atoms with E-state index >= 15 is 0 Å². The Morgan fingerprint density at radius 1 is 1.23 bits per heavy atom. The van der Waals surface area contributed by atoms with Crippen molar-refractivity contribution < 1.29 is 9.53 Å². The normalized spacial score (nSPS) is 9.86. The van der Waals surface area contributed by atoms with Gasteiger partial charge in [0.05, 0.1) is 19.6 Å². The Morgan fingerprint density at radius 2 is 1.95 bits per heavy atom. The number of nitrogens with zero attached hydrogens (tertiary/aromatic N) is 2. The van der Waals surface area contributed by atoms with Gasteiger partial charge in [0, 0.05) is 17.8 Å². The Labute approximate surface area is 130 Å². The molecule has 0 fully saturated rings. The maximum Gasteiger partial charge on any atom is 0.258 e. The molecule has 0 saturated carbocycles. The minimum atomic E-state index is -0.141. The van der Waals surface area contributed by atoms with Gasteiger partial charge in [-0.05, 0) is 37.3 Å². The summed E-state index contributed by atoms with van der Waals surface area (Å²) in [5.41, 5.74) is 2.45. The van der Waals surface area contributed by atoms with Gasteiger partial charge in [0.1, 0.15) is 5.75 Å². The highest BCUT2D eigenvalue weighted by Gasteiger charge is 2.17. The van der Waals surface area contributed by atoms with E-state index in [-0.39, 0.29) is 12.3 Å². The molecule has 0 N–H and O–H groups in total. The summed E-state index contributed by atoms with van der Waals surface area (Å²) < 4.78 is 5.16. The molecule has 4 nitrogen and oxygen atoms in total. The summed E-state index contributed by atoms with van der Waals surface area (Å²) >= 11 is 0. The predicted molar refractivity (Wildman–Crippen MR) is 86.1 cm³/mol. The average Bonchev–Trinajstić information content (AvgIpc) is 2.56. The lowest BCUT2D eigenvalue weighted by atomic mass is 10.1. The van der Waals surface area contributed by atoms with Gasteiger partial charge in [-0.2, -0.15) is 5.26 Å². The van der Waals surface area contributed by atoms with Gasteiger partial charge >= 0.3 is 0 Å². The molecule has 2 aromatic rings. The molecule has 0 aliphatic carbocycles. The Morgan fingerprint density at radius 3 is 2.59 bits per heavy atom. The van der Waals surface area contributed by atoms with Crippen molar-refractivity contribution in [2.75, 3.05) is 18.6 Å². The van der Waals surface area contributed by atoms with Crippen molar-refractivity contribution in [3.05, 3.63) is 59.7 Å². The lowest BCUT2D eigenvalue weighted by Crippen LogP contribution is -2.31. The fourth-order valence-electron chi connectivity index (χ4n) is 2.15. The highest BCUT2D eigenvalue weighted by Crippen LogP contribution is 2.20. The van der Waals surface area contributed by atoms with Crippen LogP contribution in [0.1, 0.15) is 22.3 Å². The molecule has 0 heterocycles. The molecular formula is C18H18N2O2. The minimum absolute atomic E-state index is 0.141. The molecule has 0 unspecified atom stereocenters. The summed E-state index contributed by atoms with van der Waals surface area (Å²) in [6.07, 6.45) is 0.281. The van der Waals surface area contributed by atoms with E-state index in [2.05, 4.69) is 6.07 Å². The first-order valence-corrected chi connectivity index (χ1v) is 7.05. The molecule has 2 rings (SSSR count). The standard InChI is InChI=1S/C18H18N2O2/c1-14-7-9-16(10-8-14)20(12-4-11-19)18(21)15-5-3-6-17(13-15)22-2/h3,5-10,13H,4,12H2,1-2H3. The zero-order chi connectivity index (χ0) is 15.9. The number of hydrogen-bond donors (Lipinski definition) is 0. The van der Waals surface area contributed by atoms with E-state index in [1.165, 1.54) is 0 Å². The Hall–Kier alpha value is -2.80. The number of carbonyl (C=O) groups excluding carboxylic acids is 1. The quantitative estimate of drug-likeness (QED) is 0.847. The fraction of sp³-hybridized carbons (Fsp3) is 0.222. The zero-order valence-corrected chi connectivity index (χ0v) is 12.7. The Bertz CT molecular complexity index is 687. The van der Waals surface area contributed by atoms with Gasteiger partial charge in [0.2, 0.25) is 0 Å². The molecule has 0 radical (unpaired) electrons. The Kier molecular flexibility index (Phi) is 5.16. The van der Waals surface area contributed by atoms with E-state index in [9.17, 15) is 4.79 Å². The monoisotopic (exact) mass is 294 g/mol. The van der Waals surface area contributed by atoms with Gasteiger partial charge in [0.25, 0.3) is 5.91 Å². The summed E-state index contributed by atoms with van der Waals surface area (Å²) in [6.45, 7) is 2.35. The summed E-state index contributed by atoms with van der Waals surface area (Å²) in [6, 6.07) is 16.8. The zero-order valence-electron chi connectivity index (χ0n) is 12.7. The maximum absolute atomic E-state index is 12.8. The van der Waals surface area contributed by atoms with E-state index in [1.54, 1.807) is 36.3 Å². The van der Waals surface area contributed by atoms with Crippen LogP contribution < -0.4 is 9.64 Å². The second kappa shape index (κ2) is 7.28. The molecule has 0 aliphatic heterocycles. The minimum Gasteiger partial charge on any atom is -0.497 e. The number of rotatable bonds is 5. The van der Waals surface area contributed by atoms with Crippen LogP contribution in [0.2, 0.25) is 0 Å². The molecule has 2 aromatic carbocycles. The number of nitriles is 1. The third-order valence-corrected chi connectivity index (χ3v) is 3.35. The van der Waals surface area contributed by atoms with Crippen LogP contribution in [-0.2, 0) is 0 Å². The lowest BCUT2D eigenvalue weighted by molar-refractivity contribution is 0.0987. The van der Waals surface area contributed by atoms with E-state index in [0.29, 0.717) is 17.9 Å². The summed E-state index contributed by atoms with van der Waals surface area (Å²) in [5, 5.41) is 8.83. The number of hydrogen-bond acceptors (Lipinski definition) is 3. The number of ether oxygens (including phenoxy) is 1. The second-order valence-electron chi connectivity index (χ2n) is 4.93. The highest BCUT2D eigenvalue weighted by molar-refractivity contribution is 6.06. The maximum atomic E-state index is 12.8. The van der Waals surface area contributed by atoms with E-state index in [1.807, 2.05) is 31.2 Å². The first-order chi connectivity index (χ1) is 10.7. The van der Waals surface area contributed by atoms with Crippen LogP contribution >= 0.6 is 0 Å². The number of anilines is 1. The summed E-state index contributed by atoms with van der Waals surface area (Å²) in [4.78, 5) is 14.4. The molecule has 4 heteroatoms. The van der Waals surface area contributed by atoms with Gasteiger partial charge in [-0.1, -0.05) is 23.8 Å². The molecule has 0 aliphatic rings. The molecule has 22 heavy (non-hydrogen) atoms. The third kappa shape index (κ3) is 3.64. The largest absolute Gasteiger partial charge is 0.497 e. The van der Waals surface area contributed by atoms with Gasteiger partial charge in [0.15, 0.2) is 0 Å². The van der Waals surface area contributed by atoms with Crippen molar-refractivity contribution in [3.63, 3.8) is 0 Å². The van der Waals surface area contributed by atoms with Crippen LogP contribution in [0.5, 0.6) is 5.75 Å². The van der Waals surface area contributed by atoms with Crippen molar-refractivity contribution in [2.45, 2.75) is 13.3 Å². The van der Waals surface area contributed by atoms with Crippen LogP contribution in [0.15, 0.2) is 48.5 Å². The third-order valence-electron chi connectivity index (χ3n) is 3.35. The van der Waals surface area contributed by atoms with Crippen molar-refractivity contribution in [1.82, 2.24) is 0 Å². The first kappa shape index (κ1) is 15.6. The Balaban J connectivity index is 2.33. The van der Waals surface area contributed by atoms with Gasteiger partial charge < -0.3 is 9.64 Å². The molecule has 0 spiro atoms. The van der Waals surface area contributed by atoms with E-state index < -0.39 is 0 Å². The van der Waals surface area contributed by atoms with Crippen LogP contribution in [0.3, 0.4) is 0 Å². The molecule has 1 amide bonds. The van der Waals surface area contributed by atoms with Crippen molar-refractivity contribution in [2.24, 2.45) is 0 Å². The molecule has 0 bridgehead atoms. The summed E-state index contributed by atoms with van der Waals surface area (Å²) in [7, 11) is 1.57. The van der Waals surface area contributed by atoms with Crippen molar-refractivity contribution in [3.8, 4) is 11.8 Å². The fourth-order valence-corrected chi connectivity index (χ4v) is 2.15. The van der Waals surface area contributed by atoms with Crippen molar-refractivity contribution >= 4 is 11.6 Å². The van der Waals surface area contributed by atoms with Crippen LogP contribution in [0, 0.1) is 18.3 Å². The summed E-state index contributed by atoms with van der Waals surface area (Å²) in [5.74, 6) is 0.494. The van der Waals surface area contributed by atoms with Crippen molar-refractivity contribution in [1.29, 1.82) is 5.26 Å². The first-order valence-electron chi connectivity index (χ1n) is 7.05. The molecular weight excluding hydrogens is 276 g/mol. The lowest BCUT2D eigenvalue weighted by Gasteiger charge is -2.22. The van der Waals surface area contributed by atoms with Gasteiger partial charge in [-0.25, -0.2) is 0 Å². The second-order valence-corrected chi connectivity index (χ2v) is 4.93. The van der Waals surface area contributed by atoms with Crippen LogP contribution in [-0.4, -0.2) is 19.6 Å². The van der Waals surface area contributed by atoms with Gasteiger partial charge in [-0.15, -0.1) is 0 Å². The molecule has 112 valence electrons. The topological polar surface area (TPSA) is 53.3 Å². The average molecular weight is 294 g/mol. The molecule has 0 saturated heterocycles. The van der Waals surface area contributed by atoms with E-state index in [0.717, 1.165) is 11.3 Å². The van der Waals surface area contributed by atoms with E-state index in [4.69, 9.17) is 10.00 Å². The number of aryl methyl sites for hydroxylation is 1.